The van der Waals surface area contributed by atoms with Crippen molar-refractivity contribution in [2.24, 2.45) is 0 Å². The highest BCUT2D eigenvalue weighted by Crippen LogP contribution is 2.34. The Hall–Kier alpha value is -1.04. The largest absolute Gasteiger partial charge is 0.300 e. The van der Waals surface area contributed by atoms with Crippen molar-refractivity contribution in [3.8, 4) is 6.07 Å². The number of ketones is 1. The summed E-state index contributed by atoms with van der Waals surface area (Å²) in [5.74, 6) is -0.0555. The number of carbonyl (C=O) groups is 1. The molecule has 1 unspecified atom stereocenters. The van der Waals surface area contributed by atoms with Crippen molar-refractivity contribution >= 4 is 29.0 Å². The van der Waals surface area contributed by atoms with Gasteiger partial charge < -0.3 is 0 Å². The van der Waals surface area contributed by atoms with Gasteiger partial charge in [0.15, 0.2) is 0 Å². The lowest BCUT2D eigenvalue weighted by molar-refractivity contribution is -0.117. The van der Waals surface area contributed by atoms with Crippen molar-refractivity contribution in [1.29, 1.82) is 5.26 Å². The van der Waals surface area contributed by atoms with Gasteiger partial charge in [-0.1, -0.05) is 23.2 Å². The van der Waals surface area contributed by atoms with E-state index < -0.39 is 5.41 Å². The SMILES string of the molecule is CC(=O)CC(C)(C#N)c1cc(Cl)ccc1Cl. The quantitative estimate of drug-likeness (QED) is 0.826. The van der Waals surface area contributed by atoms with Gasteiger partial charge in [-0.05, 0) is 37.6 Å². The molecule has 0 fully saturated rings. The summed E-state index contributed by atoms with van der Waals surface area (Å²) in [5.41, 5.74) is -0.326. The molecule has 0 aliphatic carbocycles. The molecule has 0 spiro atoms. The second-order valence-corrected chi connectivity index (χ2v) is 4.79. The molecule has 0 aromatic heterocycles. The van der Waals surface area contributed by atoms with Crippen LogP contribution in [0, 0.1) is 11.3 Å². The highest BCUT2D eigenvalue weighted by molar-refractivity contribution is 6.33. The number of nitriles is 1. The molecule has 0 aliphatic rings. The molecule has 0 saturated carbocycles. The first-order valence-electron chi connectivity index (χ1n) is 4.75. The summed E-state index contributed by atoms with van der Waals surface area (Å²) < 4.78 is 0. The maximum absolute atomic E-state index is 11.2. The van der Waals surface area contributed by atoms with Crippen molar-refractivity contribution in [2.45, 2.75) is 25.7 Å². The van der Waals surface area contributed by atoms with Gasteiger partial charge in [0.05, 0.1) is 11.5 Å². The summed E-state index contributed by atoms with van der Waals surface area (Å²) in [7, 11) is 0. The predicted octanol–water partition coefficient (Wildman–Crippen LogP) is 3.75. The van der Waals surface area contributed by atoms with Crippen molar-refractivity contribution in [1.82, 2.24) is 0 Å². The highest BCUT2D eigenvalue weighted by atomic mass is 35.5. The van der Waals surface area contributed by atoms with Crippen LogP contribution in [0.25, 0.3) is 0 Å². The van der Waals surface area contributed by atoms with Crippen LogP contribution in [0.2, 0.25) is 10.0 Å². The highest BCUT2D eigenvalue weighted by Gasteiger charge is 2.30. The van der Waals surface area contributed by atoms with Crippen molar-refractivity contribution in [3.63, 3.8) is 0 Å². The van der Waals surface area contributed by atoms with Crippen LogP contribution in [-0.2, 0) is 10.2 Å². The molecule has 0 amide bonds. The van der Waals surface area contributed by atoms with Gasteiger partial charge in [0, 0.05) is 16.5 Å². The monoisotopic (exact) mass is 255 g/mol. The van der Waals surface area contributed by atoms with Crippen LogP contribution in [0.5, 0.6) is 0 Å². The van der Waals surface area contributed by atoms with Crippen LogP contribution >= 0.6 is 23.2 Å². The van der Waals surface area contributed by atoms with E-state index in [1.54, 1.807) is 25.1 Å². The third-order valence-corrected chi connectivity index (χ3v) is 2.94. The van der Waals surface area contributed by atoms with Crippen molar-refractivity contribution < 1.29 is 4.79 Å². The van der Waals surface area contributed by atoms with Gasteiger partial charge in [0.2, 0.25) is 0 Å². The minimum absolute atomic E-state index is 0.0555. The molecule has 0 bridgehead atoms. The Morgan fingerprint density at radius 1 is 1.50 bits per heavy atom. The van der Waals surface area contributed by atoms with Gasteiger partial charge in [-0.15, -0.1) is 0 Å². The number of benzene rings is 1. The van der Waals surface area contributed by atoms with Crippen molar-refractivity contribution in [3.05, 3.63) is 33.8 Å². The van der Waals surface area contributed by atoms with E-state index in [4.69, 9.17) is 23.2 Å². The number of carbonyl (C=O) groups excluding carboxylic acids is 1. The molecule has 1 rings (SSSR count). The summed E-state index contributed by atoms with van der Waals surface area (Å²) in [6.45, 7) is 3.14. The summed E-state index contributed by atoms with van der Waals surface area (Å²) in [6, 6.07) is 7.05. The van der Waals surface area contributed by atoms with Crippen LogP contribution in [0.3, 0.4) is 0 Å². The average Bonchev–Trinajstić information content (AvgIpc) is 2.20. The summed E-state index contributed by atoms with van der Waals surface area (Å²) in [4.78, 5) is 11.2. The lowest BCUT2D eigenvalue weighted by atomic mass is 9.80. The van der Waals surface area contributed by atoms with E-state index in [9.17, 15) is 10.1 Å². The Kier molecular flexibility index (Phi) is 3.96. The van der Waals surface area contributed by atoms with E-state index in [-0.39, 0.29) is 12.2 Å². The number of Topliss-reactive ketones (excluding diaryl/α,β-unsaturated/α-hetero) is 1. The average molecular weight is 256 g/mol. The fraction of sp³-hybridized carbons (Fsp3) is 0.333. The molecule has 0 radical (unpaired) electrons. The summed E-state index contributed by atoms with van der Waals surface area (Å²) in [5, 5.41) is 10.2. The Morgan fingerprint density at radius 2 is 2.12 bits per heavy atom. The van der Waals surface area contributed by atoms with Gasteiger partial charge in [0.25, 0.3) is 0 Å². The van der Waals surface area contributed by atoms with Crippen LogP contribution in [-0.4, -0.2) is 5.78 Å². The fourth-order valence-corrected chi connectivity index (χ4v) is 2.11. The van der Waals surface area contributed by atoms with Crippen LogP contribution in [0.15, 0.2) is 18.2 Å². The third kappa shape index (κ3) is 2.75. The van der Waals surface area contributed by atoms with Gasteiger partial charge in [0.1, 0.15) is 5.78 Å². The Bertz CT molecular complexity index is 465. The van der Waals surface area contributed by atoms with Gasteiger partial charge in [-0.3, -0.25) is 4.79 Å². The van der Waals surface area contributed by atoms with Crippen LogP contribution < -0.4 is 0 Å². The van der Waals surface area contributed by atoms with Gasteiger partial charge in [-0.2, -0.15) is 5.26 Å². The number of hydrogen-bond acceptors (Lipinski definition) is 2. The maximum atomic E-state index is 11.2. The first-order valence-corrected chi connectivity index (χ1v) is 5.51. The molecule has 0 aliphatic heterocycles. The predicted molar refractivity (Wildman–Crippen MR) is 64.7 cm³/mol. The zero-order chi connectivity index (χ0) is 12.3. The minimum Gasteiger partial charge on any atom is -0.300 e. The zero-order valence-corrected chi connectivity index (χ0v) is 10.6. The molecule has 0 saturated heterocycles. The molecule has 16 heavy (non-hydrogen) atoms. The molecule has 1 atom stereocenters. The van der Waals surface area contributed by atoms with E-state index >= 15 is 0 Å². The zero-order valence-electron chi connectivity index (χ0n) is 9.05. The Balaban J connectivity index is 3.28. The molecule has 1 aromatic carbocycles. The van der Waals surface area contributed by atoms with Gasteiger partial charge in [-0.25, -0.2) is 0 Å². The van der Waals surface area contributed by atoms with E-state index in [1.807, 2.05) is 0 Å². The Labute approximate surface area is 105 Å². The third-order valence-electron chi connectivity index (χ3n) is 2.37. The van der Waals surface area contributed by atoms with Crippen molar-refractivity contribution in [2.75, 3.05) is 0 Å². The molecule has 84 valence electrons. The van der Waals surface area contributed by atoms with Gasteiger partial charge >= 0.3 is 0 Å². The molecule has 0 heterocycles. The molecule has 4 heteroatoms. The topological polar surface area (TPSA) is 40.9 Å². The molecule has 1 aromatic rings. The van der Waals surface area contributed by atoms with E-state index in [2.05, 4.69) is 6.07 Å². The second-order valence-electron chi connectivity index (χ2n) is 3.95. The second kappa shape index (κ2) is 4.86. The fourth-order valence-electron chi connectivity index (χ4n) is 1.61. The maximum Gasteiger partial charge on any atom is 0.131 e. The number of hydrogen-bond donors (Lipinski definition) is 0. The molecular formula is C12H11Cl2NO. The van der Waals surface area contributed by atoms with Crippen LogP contribution in [0.1, 0.15) is 25.8 Å². The van der Waals surface area contributed by atoms with Crippen LogP contribution in [0.4, 0.5) is 0 Å². The minimum atomic E-state index is -0.923. The number of halogens is 2. The lowest BCUT2D eigenvalue weighted by Gasteiger charge is -2.22. The van der Waals surface area contributed by atoms with E-state index in [1.165, 1.54) is 6.92 Å². The van der Waals surface area contributed by atoms with E-state index in [0.717, 1.165) is 0 Å². The Morgan fingerprint density at radius 3 is 2.62 bits per heavy atom. The molecule has 0 N–H and O–H groups in total. The molecular weight excluding hydrogens is 245 g/mol. The smallest absolute Gasteiger partial charge is 0.131 e. The number of rotatable bonds is 3. The number of nitrogens with zero attached hydrogens (tertiary/aromatic N) is 1. The summed E-state index contributed by atoms with van der Waals surface area (Å²) in [6.07, 6.45) is 0.129. The van der Waals surface area contributed by atoms with E-state index in [0.29, 0.717) is 15.6 Å². The lowest BCUT2D eigenvalue weighted by Crippen LogP contribution is -2.23. The first kappa shape index (κ1) is 13.0. The summed E-state index contributed by atoms with van der Waals surface area (Å²) >= 11 is 11.9. The standard InChI is InChI=1S/C12H11Cl2NO/c1-8(16)6-12(2,7-15)10-5-9(13)3-4-11(10)14/h3-5H,6H2,1-2H3. The first-order chi connectivity index (χ1) is 7.39. The molecule has 2 nitrogen and oxygen atoms in total. The normalized spacial score (nSPS) is 13.9.